The molecule has 1 unspecified atom stereocenters. The van der Waals surface area contributed by atoms with E-state index in [4.69, 9.17) is 0 Å². The quantitative estimate of drug-likeness (QED) is 0.560. The molecule has 4 rings (SSSR count). The Kier molecular flexibility index (Phi) is 6.20. The van der Waals surface area contributed by atoms with E-state index in [9.17, 15) is 17.9 Å². The molecule has 0 bridgehead atoms. The molecule has 156 valence electrons. The lowest BCUT2D eigenvalue weighted by molar-refractivity contribution is 0.319. The number of aromatic nitrogens is 2. The van der Waals surface area contributed by atoms with Gasteiger partial charge in [-0.3, -0.25) is 9.00 Å². The molecule has 0 amide bonds. The smallest absolute Gasteiger partial charge is 0.275 e. The van der Waals surface area contributed by atoms with E-state index in [1.54, 1.807) is 47.3 Å². The van der Waals surface area contributed by atoms with Crippen molar-refractivity contribution in [3.63, 3.8) is 0 Å². The molecule has 0 saturated heterocycles. The molecule has 0 radical (unpaired) electrons. The Balaban J connectivity index is 1.83. The predicted molar refractivity (Wildman–Crippen MR) is 114 cm³/mol. The van der Waals surface area contributed by atoms with Crippen molar-refractivity contribution in [1.29, 1.82) is 0 Å². The van der Waals surface area contributed by atoms with Crippen molar-refractivity contribution in [2.75, 3.05) is 0 Å². The van der Waals surface area contributed by atoms with Crippen LogP contribution in [-0.2, 0) is 16.8 Å². The molecular formula is C23H22FN2O3S-. The lowest BCUT2D eigenvalue weighted by Gasteiger charge is -2.24. The van der Waals surface area contributed by atoms with Crippen molar-refractivity contribution >= 4 is 11.1 Å². The summed E-state index contributed by atoms with van der Waals surface area (Å²) in [6.07, 6.45) is 6.88. The van der Waals surface area contributed by atoms with Crippen molar-refractivity contribution in [1.82, 2.24) is 9.78 Å². The Morgan fingerprint density at radius 2 is 1.63 bits per heavy atom. The summed E-state index contributed by atoms with van der Waals surface area (Å²) in [7, 11) is 0. The Morgan fingerprint density at radius 1 is 1.00 bits per heavy atom. The van der Waals surface area contributed by atoms with Crippen LogP contribution in [0.1, 0.15) is 43.7 Å². The van der Waals surface area contributed by atoms with E-state index in [1.165, 1.54) is 18.6 Å². The maximum absolute atomic E-state index is 13.5. The van der Waals surface area contributed by atoms with Gasteiger partial charge in [0.1, 0.15) is 5.82 Å². The number of halogens is 1. The second-order valence-corrected chi connectivity index (χ2v) is 8.52. The van der Waals surface area contributed by atoms with Crippen molar-refractivity contribution in [2.45, 2.75) is 43.9 Å². The average molecular weight is 426 g/mol. The van der Waals surface area contributed by atoms with Crippen molar-refractivity contribution in [3.8, 4) is 22.3 Å². The van der Waals surface area contributed by atoms with E-state index in [0.29, 0.717) is 22.3 Å². The molecule has 1 atom stereocenters. The van der Waals surface area contributed by atoms with Crippen LogP contribution in [0.2, 0.25) is 0 Å². The van der Waals surface area contributed by atoms with Crippen LogP contribution in [0.4, 0.5) is 4.39 Å². The minimum absolute atomic E-state index is 0.0629. The van der Waals surface area contributed by atoms with Gasteiger partial charge in [0, 0.05) is 11.3 Å². The molecule has 7 heteroatoms. The molecule has 0 spiro atoms. The first-order chi connectivity index (χ1) is 14.5. The molecule has 2 aromatic carbocycles. The molecule has 1 aliphatic carbocycles. The summed E-state index contributed by atoms with van der Waals surface area (Å²) in [6.45, 7) is 0. The number of rotatable bonds is 5. The van der Waals surface area contributed by atoms with Gasteiger partial charge in [0.05, 0.1) is 17.8 Å². The second-order valence-electron chi connectivity index (χ2n) is 7.63. The fourth-order valence-corrected chi connectivity index (χ4v) is 4.55. The van der Waals surface area contributed by atoms with Crippen LogP contribution >= 0.6 is 0 Å². The standard InChI is InChI=1S/C23H23FN2O3S/c24-19-12-10-18(11-13-19)22-21(17-8-6-16(7-9-17)15-30(28)29)14-25-26(23(22)27)20-4-2-1-3-5-20/h6-14,20H,1-5,15H2,(H,28,29)/p-1. The van der Waals surface area contributed by atoms with Gasteiger partial charge in [0.15, 0.2) is 0 Å². The van der Waals surface area contributed by atoms with Crippen LogP contribution in [0, 0.1) is 5.82 Å². The third kappa shape index (κ3) is 4.42. The van der Waals surface area contributed by atoms with Gasteiger partial charge in [0.2, 0.25) is 0 Å². The summed E-state index contributed by atoms with van der Waals surface area (Å²) in [5.41, 5.74) is 3.00. The number of benzene rings is 2. The maximum atomic E-state index is 13.5. The molecule has 1 heterocycles. The van der Waals surface area contributed by atoms with Crippen LogP contribution in [0.5, 0.6) is 0 Å². The van der Waals surface area contributed by atoms with E-state index < -0.39 is 11.1 Å². The third-order valence-electron chi connectivity index (χ3n) is 5.61. The highest BCUT2D eigenvalue weighted by Gasteiger charge is 2.22. The highest BCUT2D eigenvalue weighted by molar-refractivity contribution is 7.78. The van der Waals surface area contributed by atoms with Crippen molar-refractivity contribution in [2.24, 2.45) is 0 Å². The fourth-order valence-electron chi connectivity index (χ4n) is 4.08. The normalized spacial score (nSPS) is 15.8. The predicted octanol–water partition coefficient (Wildman–Crippen LogP) is 4.60. The van der Waals surface area contributed by atoms with Crippen LogP contribution in [-0.4, -0.2) is 18.5 Å². The first-order valence-corrected chi connectivity index (χ1v) is 11.3. The van der Waals surface area contributed by atoms with Gasteiger partial charge < -0.3 is 4.55 Å². The van der Waals surface area contributed by atoms with Gasteiger partial charge in [0.25, 0.3) is 5.56 Å². The largest absolute Gasteiger partial charge is 0.772 e. The van der Waals surface area contributed by atoms with E-state index in [1.807, 2.05) is 0 Å². The fraction of sp³-hybridized carbons (Fsp3) is 0.304. The summed E-state index contributed by atoms with van der Waals surface area (Å²) in [4.78, 5) is 13.5. The number of hydrogen-bond donors (Lipinski definition) is 0. The van der Waals surface area contributed by atoms with Crippen LogP contribution < -0.4 is 5.56 Å². The zero-order chi connectivity index (χ0) is 21.1. The molecule has 30 heavy (non-hydrogen) atoms. The number of nitrogens with zero attached hydrogens (tertiary/aromatic N) is 2. The summed E-state index contributed by atoms with van der Waals surface area (Å²) in [5, 5.41) is 4.48. The van der Waals surface area contributed by atoms with Gasteiger partial charge in [-0.15, -0.1) is 0 Å². The highest BCUT2D eigenvalue weighted by atomic mass is 32.2. The monoisotopic (exact) mass is 425 g/mol. The van der Waals surface area contributed by atoms with E-state index in [2.05, 4.69) is 5.10 Å². The first kappa shape index (κ1) is 20.6. The van der Waals surface area contributed by atoms with Gasteiger partial charge in [-0.05, 0) is 41.7 Å². The first-order valence-electron chi connectivity index (χ1n) is 10.1. The Morgan fingerprint density at radius 3 is 2.27 bits per heavy atom. The summed E-state index contributed by atoms with van der Waals surface area (Å²) < 4.78 is 37.0. The van der Waals surface area contributed by atoms with Gasteiger partial charge in [-0.25, -0.2) is 9.07 Å². The van der Waals surface area contributed by atoms with E-state index >= 15 is 0 Å². The molecule has 1 aliphatic rings. The van der Waals surface area contributed by atoms with Gasteiger partial charge >= 0.3 is 0 Å². The molecule has 3 aromatic rings. The topological polar surface area (TPSA) is 75.0 Å². The molecular weight excluding hydrogens is 403 g/mol. The Hall–Kier alpha value is -2.64. The minimum Gasteiger partial charge on any atom is -0.772 e. The minimum atomic E-state index is -2.17. The summed E-state index contributed by atoms with van der Waals surface area (Å²) in [5.74, 6) is -0.427. The van der Waals surface area contributed by atoms with Crippen LogP contribution in [0.15, 0.2) is 59.5 Å². The van der Waals surface area contributed by atoms with Crippen LogP contribution in [0.25, 0.3) is 22.3 Å². The van der Waals surface area contributed by atoms with E-state index in [-0.39, 0.29) is 23.2 Å². The molecule has 5 nitrogen and oxygen atoms in total. The molecule has 1 aromatic heterocycles. The third-order valence-corrected chi connectivity index (χ3v) is 6.17. The van der Waals surface area contributed by atoms with Gasteiger partial charge in [-0.1, -0.05) is 66.7 Å². The average Bonchev–Trinajstić information content (AvgIpc) is 2.75. The van der Waals surface area contributed by atoms with Crippen molar-refractivity contribution in [3.05, 3.63) is 76.5 Å². The number of hydrogen-bond acceptors (Lipinski definition) is 4. The van der Waals surface area contributed by atoms with Crippen LogP contribution in [0.3, 0.4) is 0 Å². The SMILES string of the molecule is O=c1c(-c2ccc(F)cc2)c(-c2ccc(CS(=O)[O-])cc2)cnn1C1CCCCC1. The Bertz CT molecular complexity index is 1100. The summed E-state index contributed by atoms with van der Waals surface area (Å²) >= 11 is -2.17. The zero-order valence-corrected chi connectivity index (χ0v) is 17.2. The van der Waals surface area contributed by atoms with Gasteiger partial charge in [-0.2, -0.15) is 5.10 Å². The maximum Gasteiger partial charge on any atom is 0.275 e. The summed E-state index contributed by atoms with van der Waals surface area (Å²) in [6, 6.07) is 13.0. The van der Waals surface area contributed by atoms with E-state index in [0.717, 1.165) is 31.2 Å². The highest BCUT2D eigenvalue weighted by Crippen LogP contribution is 2.32. The molecule has 1 saturated carbocycles. The molecule has 1 fully saturated rings. The zero-order valence-electron chi connectivity index (χ0n) is 16.4. The molecule has 0 N–H and O–H groups in total. The second kappa shape index (κ2) is 9.02. The van der Waals surface area contributed by atoms with Crippen molar-refractivity contribution < 1.29 is 13.2 Å². The lowest BCUT2D eigenvalue weighted by atomic mass is 9.94. The Labute approximate surface area is 176 Å². The molecule has 0 aliphatic heterocycles. The lowest BCUT2D eigenvalue weighted by Crippen LogP contribution is -2.30.